The van der Waals surface area contributed by atoms with Crippen LogP contribution in [0, 0.1) is 40.4 Å². The monoisotopic (exact) mass is 366 g/mol. The summed E-state index contributed by atoms with van der Waals surface area (Å²) in [6, 6.07) is 0. The molecular weight excluding hydrogens is 328 g/mol. The highest BCUT2D eigenvalue weighted by Gasteiger charge is 2.62. The molecule has 0 aromatic heterocycles. The lowest BCUT2D eigenvalue weighted by Crippen LogP contribution is -2.63. The van der Waals surface area contributed by atoms with E-state index >= 15 is 0 Å². The summed E-state index contributed by atoms with van der Waals surface area (Å²) in [7, 11) is 0. The van der Waals surface area contributed by atoms with Crippen LogP contribution in [0.5, 0.6) is 0 Å². The van der Waals surface area contributed by atoms with Gasteiger partial charge in [0.1, 0.15) is 5.60 Å². The first kappa shape index (κ1) is 19.6. The van der Waals surface area contributed by atoms with Crippen LogP contribution in [0.2, 0.25) is 0 Å². The van der Waals surface area contributed by atoms with E-state index in [-0.39, 0.29) is 17.0 Å². The molecule has 25 heavy (non-hydrogen) atoms. The van der Waals surface area contributed by atoms with Gasteiger partial charge in [0.25, 0.3) is 0 Å². The van der Waals surface area contributed by atoms with Gasteiger partial charge in [-0.25, -0.2) is 0 Å². The van der Waals surface area contributed by atoms with Gasteiger partial charge >= 0.3 is 5.97 Å². The van der Waals surface area contributed by atoms with E-state index in [2.05, 4.69) is 47.8 Å². The molecule has 144 valence electrons. The minimum absolute atomic E-state index is 0.0514. The highest BCUT2D eigenvalue weighted by atomic mass is 32.2. The number of ether oxygens (including phenoxy) is 1. The van der Waals surface area contributed by atoms with Gasteiger partial charge < -0.3 is 4.74 Å². The Hall–Kier alpha value is -0.180. The molecule has 3 heteroatoms. The van der Waals surface area contributed by atoms with Crippen molar-refractivity contribution in [2.45, 2.75) is 79.2 Å². The lowest BCUT2D eigenvalue weighted by atomic mass is 9.47. The molecule has 0 amide bonds. The second kappa shape index (κ2) is 6.46. The van der Waals surface area contributed by atoms with Crippen LogP contribution in [0.25, 0.3) is 0 Å². The van der Waals surface area contributed by atoms with Gasteiger partial charge in [-0.15, -0.1) is 0 Å². The highest BCUT2D eigenvalue weighted by molar-refractivity contribution is 7.98. The summed E-state index contributed by atoms with van der Waals surface area (Å²) >= 11 is 1.76. The molecule has 1 unspecified atom stereocenters. The molecule has 0 saturated heterocycles. The maximum atomic E-state index is 13.6. The standard InChI is InChI=1S/C22H38O2S/c1-14(2)22(17-9-15-8-16(11-17)12-18(22)10-15)24-19(23)21(6,13-25-7)20(3,4)5/h14-18H,8-13H2,1-7H3. The van der Waals surface area contributed by atoms with Crippen molar-refractivity contribution in [3.63, 3.8) is 0 Å². The Bertz CT molecular complexity index is 491. The minimum atomic E-state index is -0.441. The summed E-state index contributed by atoms with van der Waals surface area (Å²) in [6.07, 6.45) is 8.67. The number of carbonyl (C=O) groups is 1. The van der Waals surface area contributed by atoms with Crippen molar-refractivity contribution in [3.05, 3.63) is 0 Å². The Morgan fingerprint density at radius 3 is 1.88 bits per heavy atom. The van der Waals surface area contributed by atoms with E-state index in [0.29, 0.717) is 17.8 Å². The van der Waals surface area contributed by atoms with Gasteiger partial charge in [0, 0.05) is 5.75 Å². The maximum absolute atomic E-state index is 13.6. The average molecular weight is 367 g/mol. The van der Waals surface area contributed by atoms with Gasteiger partial charge in [0.05, 0.1) is 5.41 Å². The Morgan fingerprint density at radius 1 is 1.04 bits per heavy atom. The van der Waals surface area contributed by atoms with E-state index in [9.17, 15) is 4.79 Å². The minimum Gasteiger partial charge on any atom is -0.458 e. The Kier molecular flexibility index (Phi) is 5.06. The molecule has 0 aromatic rings. The van der Waals surface area contributed by atoms with Crippen LogP contribution in [0.1, 0.15) is 73.6 Å². The zero-order valence-corrected chi connectivity index (χ0v) is 18.2. The second-order valence-corrected chi connectivity index (χ2v) is 11.6. The van der Waals surface area contributed by atoms with E-state index in [1.165, 1.54) is 32.1 Å². The summed E-state index contributed by atoms with van der Waals surface area (Å²) in [6.45, 7) is 13.3. The van der Waals surface area contributed by atoms with Crippen molar-refractivity contribution in [3.8, 4) is 0 Å². The topological polar surface area (TPSA) is 26.3 Å². The Morgan fingerprint density at radius 2 is 1.52 bits per heavy atom. The van der Waals surface area contributed by atoms with Crippen LogP contribution in [-0.2, 0) is 9.53 Å². The summed E-state index contributed by atoms with van der Waals surface area (Å²) in [5, 5.41) is 0. The molecule has 4 bridgehead atoms. The molecule has 1 atom stereocenters. The molecule has 2 nitrogen and oxygen atoms in total. The van der Waals surface area contributed by atoms with E-state index in [1.807, 2.05) is 0 Å². The number of hydrogen-bond acceptors (Lipinski definition) is 3. The molecule has 4 fully saturated rings. The largest absolute Gasteiger partial charge is 0.458 e. The third-order valence-electron chi connectivity index (χ3n) is 8.12. The van der Waals surface area contributed by atoms with E-state index in [1.54, 1.807) is 11.8 Å². The second-order valence-electron chi connectivity index (χ2n) is 10.7. The van der Waals surface area contributed by atoms with Crippen LogP contribution in [-0.4, -0.2) is 23.6 Å². The van der Waals surface area contributed by atoms with Crippen LogP contribution in [0.15, 0.2) is 0 Å². The molecule has 0 aliphatic heterocycles. The summed E-state index contributed by atoms with van der Waals surface area (Å²) in [5.41, 5.74) is -0.754. The fraction of sp³-hybridized carbons (Fsp3) is 0.955. The first-order chi connectivity index (χ1) is 11.5. The van der Waals surface area contributed by atoms with Gasteiger partial charge in [-0.2, -0.15) is 11.8 Å². The third-order valence-corrected chi connectivity index (χ3v) is 8.99. The molecule has 4 aliphatic carbocycles. The van der Waals surface area contributed by atoms with Crippen molar-refractivity contribution in [2.24, 2.45) is 40.4 Å². The fourth-order valence-electron chi connectivity index (χ4n) is 6.29. The normalized spacial score (nSPS) is 39.5. The average Bonchev–Trinajstić information content (AvgIpc) is 2.48. The quantitative estimate of drug-likeness (QED) is 0.576. The number of carbonyl (C=O) groups excluding carboxylic acids is 1. The molecule has 0 radical (unpaired) electrons. The number of thioether (sulfide) groups is 1. The third kappa shape index (κ3) is 2.97. The lowest BCUT2D eigenvalue weighted by molar-refractivity contribution is -0.234. The molecular formula is C22H38O2S. The van der Waals surface area contributed by atoms with Gasteiger partial charge in [-0.1, -0.05) is 34.6 Å². The summed E-state index contributed by atoms with van der Waals surface area (Å²) < 4.78 is 6.67. The Balaban J connectivity index is 1.91. The van der Waals surface area contributed by atoms with Crippen molar-refractivity contribution < 1.29 is 9.53 Å². The lowest BCUT2D eigenvalue weighted by Gasteiger charge is -2.62. The molecule has 0 N–H and O–H groups in total. The van der Waals surface area contributed by atoms with Crippen LogP contribution >= 0.6 is 11.8 Å². The van der Waals surface area contributed by atoms with Crippen molar-refractivity contribution in [1.29, 1.82) is 0 Å². The van der Waals surface area contributed by atoms with E-state index in [0.717, 1.165) is 17.6 Å². The molecule has 0 aromatic carbocycles. The van der Waals surface area contributed by atoms with Crippen molar-refractivity contribution >= 4 is 17.7 Å². The van der Waals surface area contributed by atoms with Crippen LogP contribution in [0.3, 0.4) is 0 Å². The molecule has 0 spiro atoms. The fourth-order valence-corrected chi connectivity index (χ4v) is 7.42. The zero-order chi connectivity index (χ0) is 18.6. The number of esters is 1. The summed E-state index contributed by atoms with van der Waals surface area (Å²) in [4.78, 5) is 13.6. The van der Waals surface area contributed by atoms with Crippen molar-refractivity contribution in [2.75, 3.05) is 12.0 Å². The number of rotatable bonds is 5. The predicted molar refractivity (Wildman–Crippen MR) is 107 cm³/mol. The highest BCUT2D eigenvalue weighted by Crippen LogP contribution is 2.62. The van der Waals surface area contributed by atoms with Gasteiger partial charge in [0.15, 0.2) is 0 Å². The predicted octanol–water partition coefficient (Wildman–Crippen LogP) is 5.80. The maximum Gasteiger partial charge on any atom is 0.313 e. The summed E-state index contributed by atoms with van der Waals surface area (Å²) in [5.74, 6) is 4.25. The zero-order valence-electron chi connectivity index (χ0n) is 17.4. The Labute approximate surface area is 159 Å². The van der Waals surface area contributed by atoms with Gasteiger partial charge in [-0.05, 0) is 80.3 Å². The molecule has 4 aliphatic rings. The molecule has 0 heterocycles. The molecule has 4 rings (SSSR count). The van der Waals surface area contributed by atoms with Crippen molar-refractivity contribution in [1.82, 2.24) is 0 Å². The number of hydrogen-bond donors (Lipinski definition) is 0. The smallest absolute Gasteiger partial charge is 0.313 e. The van der Waals surface area contributed by atoms with Gasteiger partial charge in [-0.3, -0.25) is 4.79 Å². The van der Waals surface area contributed by atoms with Gasteiger partial charge in [0.2, 0.25) is 0 Å². The van der Waals surface area contributed by atoms with Crippen LogP contribution in [0.4, 0.5) is 0 Å². The molecule has 4 saturated carbocycles. The SMILES string of the molecule is CSCC(C)(C(=O)OC1(C(C)C)C2CC3CC(C2)CC1C3)C(C)(C)C. The van der Waals surface area contributed by atoms with Crippen LogP contribution < -0.4 is 0 Å². The first-order valence-electron chi connectivity index (χ1n) is 10.3. The van der Waals surface area contributed by atoms with E-state index < -0.39 is 5.41 Å². The van der Waals surface area contributed by atoms with E-state index in [4.69, 9.17) is 4.74 Å². The first-order valence-corrected chi connectivity index (χ1v) is 11.7.